The minimum absolute atomic E-state index is 0.0521. The summed E-state index contributed by atoms with van der Waals surface area (Å²) in [5, 5.41) is 23.6. The summed E-state index contributed by atoms with van der Waals surface area (Å²) < 4.78 is 13.1. The second kappa shape index (κ2) is 10.9. The van der Waals surface area contributed by atoms with Crippen LogP contribution in [0.5, 0.6) is 0 Å². The molecule has 1 aliphatic heterocycles. The lowest BCUT2D eigenvalue weighted by Gasteiger charge is -2.45. The molecule has 1 heterocycles. The number of benzene rings is 1. The van der Waals surface area contributed by atoms with Crippen LogP contribution in [-0.4, -0.2) is 65.7 Å². The molecule has 0 unspecified atom stereocenters. The summed E-state index contributed by atoms with van der Waals surface area (Å²) in [7, 11) is 0. The van der Waals surface area contributed by atoms with E-state index in [1.54, 1.807) is 4.90 Å². The second-order valence-corrected chi connectivity index (χ2v) is 8.60. The Hall–Kier alpha value is -3.45. The average molecular weight is 456 g/mol. The molecule has 2 amide bonds. The molecule has 1 saturated carbocycles. The summed E-state index contributed by atoms with van der Waals surface area (Å²) in [5.74, 6) is -1.40. The molecule has 2 aliphatic rings. The Balaban J connectivity index is 1.64. The van der Waals surface area contributed by atoms with E-state index in [1.807, 2.05) is 0 Å². The first-order valence-electron chi connectivity index (χ1n) is 11.1. The fraction of sp³-hybridized carbons (Fsp3) is 0.478. The number of rotatable bonds is 8. The van der Waals surface area contributed by atoms with Crippen molar-refractivity contribution in [3.05, 3.63) is 41.9 Å². The maximum absolute atomic E-state index is 13.1. The molecule has 1 aromatic carbocycles. The van der Waals surface area contributed by atoms with Gasteiger partial charge in [0.05, 0.1) is 18.1 Å². The van der Waals surface area contributed by atoms with E-state index in [9.17, 15) is 19.2 Å². The lowest BCUT2D eigenvalue weighted by molar-refractivity contribution is -0.120. The molecule has 1 aromatic rings. The molecule has 9 nitrogen and oxygen atoms in total. The number of carbonyl (C=O) groups excluding carboxylic acids is 2. The Labute approximate surface area is 192 Å². The quantitative estimate of drug-likeness (QED) is 0.203. The number of amidine groups is 1. The Bertz CT molecular complexity index is 925. The van der Waals surface area contributed by atoms with E-state index in [-0.39, 0.29) is 17.8 Å². The van der Waals surface area contributed by atoms with Crippen molar-refractivity contribution in [3.8, 4) is 6.07 Å². The van der Waals surface area contributed by atoms with Crippen molar-refractivity contribution in [1.29, 1.82) is 10.7 Å². The molecule has 1 aliphatic carbocycles. The monoisotopic (exact) mass is 455 g/mol. The van der Waals surface area contributed by atoms with Gasteiger partial charge < -0.3 is 21.3 Å². The third-order valence-corrected chi connectivity index (χ3v) is 6.52. The fourth-order valence-corrected chi connectivity index (χ4v) is 4.49. The molecule has 0 atom stereocenters. The van der Waals surface area contributed by atoms with Gasteiger partial charge in [-0.2, -0.15) is 5.26 Å². The number of amides is 2. The van der Waals surface area contributed by atoms with Gasteiger partial charge in [-0.25, -0.2) is 4.39 Å². The first-order chi connectivity index (χ1) is 15.9. The van der Waals surface area contributed by atoms with Crippen LogP contribution in [0, 0.1) is 22.6 Å². The molecular formula is C23H30FN7O2. The van der Waals surface area contributed by atoms with Gasteiger partial charge in [0.2, 0.25) is 6.41 Å². The number of nitrogens with two attached hydrogens (primary N) is 1. The first kappa shape index (κ1) is 24.2. The molecule has 176 valence electrons. The highest BCUT2D eigenvalue weighted by Crippen LogP contribution is 2.34. The van der Waals surface area contributed by atoms with Gasteiger partial charge >= 0.3 is 0 Å². The molecule has 0 radical (unpaired) electrons. The normalized spacial score (nSPS) is 23.9. The van der Waals surface area contributed by atoms with Crippen LogP contribution >= 0.6 is 0 Å². The summed E-state index contributed by atoms with van der Waals surface area (Å²) in [6, 6.07) is 8.06. The van der Waals surface area contributed by atoms with E-state index >= 15 is 0 Å². The topological polar surface area (TPSA) is 138 Å². The van der Waals surface area contributed by atoms with Crippen molar-refractivity contribution < 1.29 is 14.0 Å². The smallest absolute Gasteiger partial charge is 0.253 e. The molecule has 3 rings (SSSR count). The first-order valence-corrected chi connectivity index (χ1v) is 11.1. The van der Waals surface area contributed by atoms with Crippen molar-refractivity contribution >= 4 is 23.8 Å². The maximum atomic E-state index is 13.1. The summed E-state index contributed by atoms with van der Waals surface area (Å²) in [6.45, 7) is 3.16. The standard InChI is InChI=1S/C23H30FN7O2/c24-17-1-3-18(4-2-17)29-21(26)20(22(27)33)15-28-23(9-10-25)7-5-19(6-8-23)31-13-11-30(16-32)12-14-31/h1-4,15-16,19,28H,5-9,11-14H2,(H2,26,29)(H2,27,33)/b20-15+. The zero-order chi connectivity index (χ0) is 23.8. The number of primary amides is 1. The predicted molar refractivity (Wildman–Crippen MR) is 123 cm³/mol. The lowest BCUT2D eigenvalue weighted by Crippen LogP contribution is -2.54. The van der Waals surface area contributed by atoms with Crippen LogP contribution < -0.4 is 16.4 Å². The third-order valence-electron chi connectivity index (χ3n) is 6.52. The number of halogens is 1. The molecule has 2 fully saturated rings. The third kappa shape index (κ3) is 6.29. The SMILES string of the molecule is N#CCC1(N/C=C(\C(=N)Nc2ccc(F)cc2)C(N)=O)CCC(N2CCN(C=O)CC2)CC1. The molecule has 10 heteroatoms. The van der Waals surface area contributed by atoms with E-state index < -0.39 is 17.3 Å². The average Bonchev–Trinajstić information content (AvgIpc) is 2.81. The Kier molecular flexibility index (Phi) is 8.01. The van der Waals surface area contributed by atoms with E-state index in [1.165, 1.54) is 30.5 Å². The van der Waals surface area contributed by atoms with Gasteiger partial charge in [-0.1, -0.05) is 0 Å². The number of hydrogen-bond acceptors (Lipinski definition) is 6. The zero-order valence-corrected chi connectivity index (χ0v) is 18.5. The van der Waals surface area contributed by atoms with Crippen LogP contribution in [0.25, 0.3) is 0 Å². The van der Waals surface area contributed by atoms with Crippen LogP contribution in [0.4, 0.5) is 10.1 Å². The molecule has 33 heavy (non-hydrogen) atoms. The fourth-order valence-electron chi connectivity index (χ4n) is 4.49. The summed E-state index contributed by atoms with van der Waals surface area (Å²) in [5.41, 5.74) is 5.40. The van der Waals surface area contributed by atoms with Crippen molar-refractivity contribution in [2.24, 2.45) is 5.73 Å². The Morgan fingerprint density at radius 3 is 2.42 bits per heavy atom. The van der Waals surface area contributed by atoms with Gasteiger partial charge in [0.15, 0.2) is 0 Å². The van der Waals surface area contributed by atoms with Gasteiger partial charge in [0, 0.05) is 49.6 Å². The molecular weight excluding hydrogens is 425 g/mol. The highest BCUT2D eigenvalue weighted by atomic mass is 19.1. The van der Waals surface area contributed by atoms with Crippen LogP contribution in [-0.2, 0) is 9.59 Å². The predicted octanol–water partition coefficient (Wildman–Crippen LogP) is 1.54. The highest BCUT2D eigenvalue weighted by Gasteiger charge is 2.37. The van der Waals surface area contributed by atoms with Gasteiger partial charge in [-0.3, -0.25) is 19.9 Å². The second-order valence-electron chi connectivity index (χ2n) is 8.60. The van der Waals surface area contributed by atoms with Crippen LogP contribution in [0.2, 0.25) is 0 Å². The largest absolute Gasteiger partial charge is 0.384 e. The molecule has 0 aromatic heterocycles. The van der Waals surface area contributed by atoms with Crippen LogP contribution in [0.3, 0.4) is 0 Å². The van der Waals surface area contributed by atoms with Gasteiger partial charge in [0.1, 0.15) is 11.7 Å². The van der Waals surface area contributed by atoms with Crippen molar-refractivity contribution in [3.63, 3.8) is 0 Å². The van der Waals surface area contributed by atoms with Gasteiger partial charge in [0.25, 0.3) is 5.91 Å². The minimum atomic E-state index is -0.782. The van der Waals surface area contributed by atoms with E-state index in [0.29, 0.717) is 11.7 Å². The van der Waals surface area contributed by atoms with E-state index in [4.69, 9.17) is 11.1 Å². The van der Waals surface area contributed by atoms with Crippen LogP contribution in [0.1, 0.15) is 32.1 Å². The van der Waals surface area contributed by atoms with Crippen molar-refractivity contribution in [1.82, 2.24) is 15.1 Å². The maximum Gasteiger partial charge on any atom is 0.253 e. The number of nitrogens with one attached hydrogen (secondary N) is 3. The molecule has 1 saturated heterocycles. The number of anilines is 1. The molecule has 0 bridgehead atoms. The number of hydrogen-bond donors (Lipinski definition) is 4. The van der Waals surface area contributed by atoms with Crippen molar-refractivity contribution in [2.75, 3.05) is 31.5 Å². The highest BCUT2D eigenvalue weighted by molar-refractivity contribution is 6.23. The van der Waals surface area contributed by atoms with Crippen molar-refractivity contribution in [2.45, 2.75) is 43.7 Å². The Morgan fingerprint density at radius 1 is 1.24 bits per heavy atom. The molecule has 5 N–H and O–H groups in total. The number of carbonyl (C=O) groups is 2. The zero-order valence-electron chi connectivity index (χ0n) is 18.5. The summed E-state index contributed by atoms with van der Waals surface area (Å²) in [6.07, 6.45) is 5.83. The summed E-state index contributed by atoms with van der Waals surface area (Å²) >= 11 is 0. The minimum Gasteiger partial charge on any atom is -0.384 e. The van der Waals surface area contributed by atoms with Gasteiger partial charge in [-0.15, -0.1) is 0 Å². The lowest BCUT2D eigenvalue weighted by atomic mass is 9.77. The van der Waals surface area contributed by atoms with Gasteiger partial charge in [-0.05, 0) is 49.9 Å². The van der Waals surface area contributed by atoms with E-state index in [2.05, 4.69) is 21.6 Å². The summed E-state index contributed by atoms with van der Waals surface area (Å²) in [4.78, 5) is 27.1. The van der Waals surface area contributed by atoms with Crippen LogP contribution in [0.15, 0.2) is 36.0 Å². The number of piperazine rings is 1. The number of nitriles is 1. The Morgan fingerprint density at radius 2 is 1.88 bits per heavy atom. The number of nitrogens with zero attached hydrogens (tertiary/aromatic N) is 3. The molecule has 0 spiro atoms. The van der Waals surface area contributed by atoms with E-state index in [0.717, 1.165) is 58.3 Å².